The minimum absolute atomic E-state index is 0.572. The SMILES string of the molecule is Cc1ccc(-c2nc3ccccc3n2Cc2ccc(CN)cc2)cc1. The van der Waals surface area contributed by atoms with E-state index in [2.05, 4.69) is 78.2 Å². The quantitative estimate of drug-likeness (QED) is 0.599. The van der Waals surface area contributed by atoms with E-state index in [1.165, 1.54) is 11.1 Å². The van der Waals surface area contributed by atoms with Gasteiger partial charge >= 0.3 is 0 Å². The lowest BCUT2D eigenvalue weighted by molar-refractivity contribution is 0.833. The van der Waals surface area contributed by atoms with Crippen molar-refractivity contribution in [3.05, 3.63) is 89.5 Å². The molecule has 3 aromatic carbocycles. The number of rotatable bonds is 4. The van der Waals surface area contributed by atoms with Crippen LogP contribution in [0.5, 0.6) is 0 Å². The molecule has 0 amide bonds. The van der Waals surface area contributed by atoms with Gasteiger partial charge < -0.3 is 10.3 Å². The fraction of sp³-hybridized carbons (Fsp3) is 0.136. The average Bonchev–Trinajstić information content (AvgIpc) is 3.02. The summed E-state index contributed by atoms with van der Waals surface area (Å²) in [6.45, 7) is 3.46. The van der Waals surface area contributed by atoms with Crippen molar-refractivity contribution in [2.75, 3.05) is 0 Å². The van der Waals surface area contributed by atoms with Crippen molar-refractivity contribution in [1.29, 1.82) is 0 Å². The van der Waals surface area contributed by atoms with Crippen molar-refractivity contribution in [2.45, 2.75) is 20.0 Å². The van der Waals surface area contributed by atoms with Crippen LogP contribution in [0.15, 0.2) is 72.8 Å². The van der Waals surface area contributed by atoms with E-state index in [0.29, 0.717) is 6.54 Å². The predicted octanol–water partition coefficient (Wildman–Crippen LogP) is 4.52. The van der Waals surface area contributed by atoms with E-state index in [0.717, 1.165) is 34.5 Å². The molecular weight excluding hydrogens is 306 g/mol. The molecule has 1 heterocycles. The minimum atomic E-state index is 0.572. The van der Waals surface area contributed by atoms with E-state index in [1.807, 2.05) is 6.07 Å². The van der Waals surface area contributed by atoms with Gasteiger partial charge in [0.25, 0.3) is 0 Å². The Balaban J connectivity index is 1.82. The molecule has 0 aliphatic rings. The molecule has 0 unspecified atom stereocenters. The van der Waals surface area contributed by atoms with Gasteiger partial charge in [0.1, 0.15) is 5.82 Å². The van der Waals surface area contributed by atoms with Gasteiger partial charge in [0.15, 0.2) is 0 Å². The highest BCUT2D eigenvalue weighted by Gasteiger charge is 2.12. The Bertz CT molecular complexity index is 996. The van der Waals surface area contributed by atoms with Gasteiger partial charge in [-0.1, -0.05) is 66.2 Å². The van der Waals surface area contributed by atoms with E-state index < -0.39 is 0 Å². The van der Waals surface area contributed by atoms with E-state index in [-0.39, 0.29) is 0 Å². The molecule has 3 heteroatoms. The highest BCUT2D eigenvalue weighted by atomic mass is 15.1. The summed E-state index contributed by atoms with van der Waals surface area (Å²) in [5.74, 6) is 1.00. The summed E-state index contributed by atoms with van der Waals surface area (Å²) in [5, 5.41) is 0. The van der Waals surface area contributed by atoms with Gasteiger partial charge in [-0.05, 0) is 30.2 Å². The van der Waals surface area contributed by atoms with E-state index in [9.17, 15) is 0 Å². The van der Waals surface area contributed by atoms with Crippen molar-refractivity contribution in [1.82, 2.24) is 9.55 Å². The maximum absolute atomic E-state index is 5.71. The number of hydrogen-bond donors (Lipinski definition) is 1. The monoisotopic (exact) mass is 327 g/mol. The highest BCUT2D eigenvalue weighted by Crippen LogP contribution is 2.26. The molecule has 0 fully saturated rings. The zero-order chi connectivity index (χ0) is 17.2. The van der Waals surface area contributed by atoms with E-state index >= 15 is 0 Å². The first kappa shape index (κ1) is 15.6. The summed E-state index contributed by atoms with van der Waals surface area (Å²) in [6, 6.07) is 25.4. The second-order valence-electron chi connectivity index (χ2n) is 6.40. The maximum atomic E-state index is 5.71. The number of nitrogens with zero attached hydrogens (tertiary/aromatic N) is 2. The first-order valence-corrected chi connectivity index (χ1v) is 8.55. The largest absolute Gasteiger partial charge is 0.326 e. The van der Waals surface area contributed by atoms with E-state index in [1.54, 1.807) is 0 Å². The summed E-state index contributed by atoms with van der Waals surface area (Å²) in [5.41, 5.74) is 12.7. The molecule has 1 aromatic heterocycles. The van der Waals surface area contributed by atoms with Crippen LogP contribution in [0.25, 0.3) is 22.4 Å². The smallest absolute Gasteiger partial charge is 0.141 e. The van der Waals surface area contributed by atoms with Crippen LogP contribution in [0, 0.1) is 6.92 Å². The molecule has 25 heavy (non-hydrogen) atoms. The number of fused-ring (bicyclic) bond motifs is 1. The first-order chi connectivity index (χ1) is 12.2. The Morgan fingerprint density at radius 1 is 0.840 bits per heavy atom. The standard InChI is InChI=1S/C22H21N3/c1-16-6-12-19(13-7-16)22-24-20-4-2-3-5-21(20)25(22)15-18-10-8-17(14-23)9-11-18/h2-13H,14-15,23H2,1H3. The van der Waals surface area contributed by atoms with Gasteiger partial charge in [-0.15, -0.1) is 0 Å². The van der Waals surface area contributed by atoms with Crippen molar-refractivity contribution in [2.24, 2.45) is 5.73 Å². The highest BCUT2D eigenvalue weighted by molar-refractivity contribution is 5.80. The van der Waals surface area contributed by atoms with Gasteiger partial charge in [-0.2, -0.15) is 0 Å². The summed E-state index contributed by atoms with van der Waals surface area (Å²) < 4.78 is 2.29. The summed E-state index contributed by atoms with van der Waals surface area (Å²) in [4.78, 5) is 4.89. The number of para-hydroxylation sites is 2. The van der Waals surface area contributed by atoms with Crippen LogP contribution in [-0.2, 0) is 13.1 Å². The molecule has 0 atom stereocenters. The molecule has 0 aliphatic carbocycles. The number of benzene rings is 3. The Hall–Kier alpha value is -2.91. The average molecular weight is 327 g/mol. The zero-order valence-electron chi connectivity index (χ0n) is 14.3. The van der Waals surface area contributed by atoms with Gasteiger partial charge in [-0.25, -0.2) is 4.98 Å². The van der Waals surface area contributed by atoms with Crippen LogP contribution in [0.4, 0.5) is 0 Å². The molecule has 4 aromatic rings. The fourth-order valence-electron chi connectivity index (χ4n) is 3.12. The first-order valence-electron chi connectivity index (χ1n) is 8.55. The van der Waals surface area contributed by atoms with Crippen molar-refractivity contribution in [3.63, 3.8) is 0 Å². The zero-order valence-corrected chi connectivity index (χ0v) is 14.3. The number of aromatic nitrogens is 2. The molecule has 3 nitrogen and oxygen atoms in total. The van der Waals surface area contributed by atoms with Crippen LogP contribution in [-0.4, -0.2) is 9.55 Å². The second-order valence-corrected chi connectivity index (χ2v) is 6.40. The van der Waals surface area contributed by atoms with E-state index in [4.69, 9.17) is 10.7 Å². The summed E-state index contributed by atoms with van der Waals surface area (Å²) >= 11 is 0. The lowest BCUT2D eigenvalue weighted by Gasteiger charge is -2.10. The van der Waals surface area contributed by atoms with Crippen LogP contribution in [0.1, 0.15) is 16.7 Å². The second kappa shape index (κ2) is 6.54. The molecule has 124 valence electrons. The molecular formula is C22H21N3. The molecule has 0 spiro atoms. The molecule has 0 bridgehead atoms. The number of aryl methyl sites for hydroxylation is 1. The Labute approximate surface area is 147 Å². The molecule has 0 saturated heterocycles. The van der Waals surface area contributed by atoms with Crippen LogP contribution < -0.4 is 5.73 Å². The Kier molecular flexibility index (Phi) is 4.08. The fourth-order valence-corrected chi connectivity index (χ4v) is 3.12. The summed E-state index contributed by atoms with van der Waals surface area (Å²) in [7, 11) is 0. The molecule has 0 radical (unpaired) electrons. The van der Waals surface area contributed by atoms with Gasteiger partial charge in [0.05, 0.1) is 11.0 Å². The third-order valence-electron chi connectivity index (χ3n) is 4.56. The normalized spacial score (nSPS) is 11.1. The minimum Gasteiger partial charge on any atom is -0.326 e. The van der Waals surface area contributed by atoms with Gasteiger partial charge in [-0.3, -0.25) is 0 Å². The lowest BCUT2D eigenvalue weighted by atomic mass is 10.1. The number of hydrogen-bond acceptors (Lipinski definition) is 2. The number of imidazole rings is 1. The van der Waals surface area contributed by atoms with Crippen molar-refractivity contribution >= 4 is 11.0 Å². The van der Waals surface area contributed by atoms with Crippen LogP contribution >= 0.6 is 0 Å². The third kappa shape index (κ3) is 3.06. The van der Waals surface area contributed by atoms with Gasteiger partial charge in [0, 0.05) is 18.7 Å². The maximum Gasteiger partial charge on any atom is 0.141 e. The number of nitrogens with two attached hydrogens (primary N) is 1. The molecule has 0 aliphatic heterocycles. The predicted molar refractivity (Wildman–Crippen MR) is 103 cm³/mol. The molecule has 2 N–H and O–H groups in total. The van der Waals surface area contributed by atoms with Crippen LogP contribution in [0.2, 0.25) is 0 Å². The van der Waals surface area contributed by atoms with Crippen molar-refractivity contribution < 1.29 is 0 Å². The van der Waals surface area contributed by atoms with Crippen molar-refractivity contribution in [3.8, 4) is 11.4 Å². The molecule has 0 saturated carbocycles. The Morgan fingerprint density at radius 2 is 1.52 bits per heavy atom. The van der Waals surface area contributed by atoms with Crippen LogP contribution in [0.3, 0.4) is 0 Å². The summed E-state index contributed by atoms with van der Waals surface area (Å²) in [6.07, 6.45) is 0. The topological polar surface area (TPSA) is 43.8 Å². The van der Waals surface area contributed by atoms with Gasteiger partial charge in [0.2, 0.25) is 0 Å². The lowest BCUT2D eigenvalue weighted by Crippen LogP contribution is -2.03. The molecule has 4 rings (SSSR count). The Morgan fingerprint density at radius 3 is 2.24 bits per heavy atom. The third-order valence-corrected chi connectivity index (χ3v) is 4.56.